The molecular formula is C22H24FNO4. The average molecular weight is 385 g/mol. The highest BCUT2D eigenvalue weighted by Crippen LogP contribution is 2.22. The second kappa shape index (κ2) is 9.26. The van der Waals surface area contributed by atoms with Crippen LogP contribution in [0.4, 0.5) is 10.1 Å². The van der Waals surface area contributed by atoms with Crippen LogP contribution >= 0.6 is 0 Å². The maximum Gasteiger partial charge on any atom is 0.307 e. The van der Waals surface area contributed by atoms with Crippen LogP contribution in [0, 0.1) is 26.6 Å². The van der Waals surface area contributed by atoms with E-state index in [4.69, 9.17) is 4.74 Å². The molecule has 0 fully saturated rings. The number of hydrogen-bond donors (Lipinski definition) is 1. The molecule has 6 heteroatoms. The number of rotatable bonds is 7. The predicted octanol–water partition coefficient (Wildman–Crippen LogP) is 4.28. The molecule has 2 rings (SSSR count). The summed E-state index contributed by atoms with van der Waals surface area (Å²) in [6.07, 6.45) is -1.22. The van der Waals surface area contributed by atoms with Crippen molar-refractivity contribution in [1.82, 2.24) is 0 Å². The summed E-state index contributed by atoms with van der Waals surface area (Å²) in [4.78, 5) is 36.3. The van der Waals surface area contributed by atoms with Gasteiger partial charge in [-0.25, -0.2) is 4.39 Å². The smallest absolute Gasteiger partial charge is 0.307 e. The van der Waals surface area contributed by atoms with E-state index in [0.29, 0.717) is 11.3 Å². The van der Waals surface area contributed by atoms with Crippen LogP contribution in [0.5, 0.6) is 0 Å². The molecule has 0 aliphatic carbocycles. The lowest BCUT2D eigenvalue weighted by Gasteiger charge is -2.17. The van der Waals surface area contributed by atoms with E-state index in [-0.39, 0.29) is 18.6 Å². The van der Waals surface area contributed by atoms with Crippen LogP contribution in [0.2, 0.25) is 0 Å². The zero-order valence-corrected chi connectivity index (χ0v) is 16.5. The Labute approximate surface area is 163 Å². The Bertz CT molecular complexity index is 867. The SMILES string of the molecule is Cc1cc(C)c(NC(=O)[C@@H](C)OC(=O)CCC(=O)c2ccc(F)cc2)c(C)c1. The molecule has 0 heterocycles. The summed E-state index contributed by atoms with van der Waals surface area (Å²) in [5.41, 5.74) is 3.97. The van der Waals surface area contributed by atoms with Gasteiger partial charge in [0.15, 0.2) is 11.9 Å². The Morgan fingerprint density at radius 3 is 2.14 bits per heavy atom. The van der Waals surface area contributed by atoms with Crippen molar-refractivity contribution in [3.8, 4) is 0 Å². The monoisotopic (exact) mass is 385 g/mol. The van der Waals surface area contributed by atoms with Crippen LogP contribution in [-0.2, 0) is 14.3 Å². The van der Waals surface area contributed by atoms with Crippen LogP contribution in [0.1, 0.15) is 46.8 Å². The Kier molecular flexibility index (Phi) is 7.04. The fourth-order valence-electron chi connectivity index (χ4n) is 2.91. The van der Waals surface area contributed by atoms with E-state index in [2.05, 4.69) is 5.32 Å². The van der Waals surface area contributed by atoms with E-state index in [1.807, 2.05) is 32.9 Å². The van der Waals surface area contributed by atoms with Gasteiger partial charge in [0.2, 0.25) is 0 Å². The zero-order chi connectivity index (χ0) is 20.8. The Morgan fingerprint density at radius 1 is 1.00 bits per heavy atom. The minimum absolute atomic E-state index is 0.0744. The lowest BCUT2D eigenvalue weighted by atomic mass is 10.0. The molecule has 1 N–H and O–H groups in total. The molecule has 5 nitrogen and oxygen atoms in total. The van der Waals surface area contributed by atoms with E-state index in [0.717, 1.165) is 16.7 Å². The van der Waals surface area contributed by atoms with E-state index in [1.165, 1.54) is 31.2 Å². The molecule has 1 atom stereocenters. The maximum atomic E-state index is 12.9. The van der Waals surface area contributed by atoms with Gasteiger partial charge in [0.25, 0.3) is 5.91 Å². The molecule has 0 saturated carbocycles. The number of halogens is 1. The molecule has 0 aliphatic rings. The number of nitrogens with one attached hydrogen (secondary N) is 1. The Balaban J connectivity index is 1.87. The van der Waals surface area contributed by atoms with Gasteiger partial charge in [-0.15, -0.1) is 0 Å². The van der Waals surface area contributed by atoms with Crippen molar-refractivity contribution >= 4 is 23.3 Å². The molecular weight excluding hydrogens is 361 g/mol. The van der Waals surface area contributed by atoms with Gasteiger partial charge in [-0.1, -0.05) is 17.7 Å². The Morgan fingerprint density at radius 2 is 1.57 bits per heavy atom. The molecule has 0 spiro atoms. The average Bonchev–Trinajstić information content (AvgIpc) is 2.63. The van der Waals surface area contributed by atoms with E-state index in [1.54, 1.807) is 0 Å². The molecule has 0 aromatic heterocycles. The number of hydrogen-bond acceptors (Lipinski definition) is 4. The third-order valence-electron chi connectivity index (χ3n) is 4.33. The fourth-order valence-corrected chi connectivity index (χ4v) is 2.91. The van der Waals surface area contributed by atoms with Crippen molar-refractivity contribution in [3.63, 3.8) is 0 Å². The lowest BCUT2D eigenvalue weighted by molar-refractivity contribution is -0.153. The van der Waals surface area contributed by atoms with Crippen molar-refractivity contribution in [3.05, 3.63) is 64.5 Å². The van der Waals surface area contributed by atoms with E-state index < -0.39 is 23.8 Å². The second-order valence-electron chi connectivity index (χ2n) is 6.83. The number of carbonyl (C=O) groups is 3. The molecule has 0 unspecified atom stereocenters. The minimum atomic E-state index is -0.992. The van der Waals surface area contributed by atoms with Crippen molar-refractivity contribution in [2.45, 2.75) is 46.6 Å². The van der Waals surface area contributed by atoms with Gasteiger partial charge < -0.3 is 10.1 Å². The summed E-state index contributed by atoms with van der Waals surface area (Å²) in [7, 11) is 0. The lowest BCUT2D eigenvalue weighted by Crippen LogP contribution is -2.30. The first kappa shape index (κ1) is 21.3. The quantitative estimate of drug-likeness (QED) is 0.570. The summed E-state index contributed by atoms with van der Waals surface area (Å²) in [5, 5.41) is 2.79. The molecule has 2 aromatic rings. The van der Waals surface area contributed by atoms with Gasteiger partial charge in [0.1, 0.15) is 5.82 Å². The largest absolute Gasteiger partial charge is 0.453 e. The molecule has 0 aliphatic heterocycles. The number of esters is 1. The van der Waals surface area contributed by atoms with Gasteiger partial charge >= 0.3 is 5.97 Å². The van der Waals surface area contributed by atoms with Crippen LogP contribution in [0.25, 0.3) is 0 Å². The molecule has 0 radical (unpaired) electrons. The summed E-state index contributed by atoms with van der Waals surface area (Å²) < 4.78 is 18.0. The first-order valence-corrected chi connectivity index (χ1v) is 9.04. The van der Waals surface area contributed by atoms with Crippen LogP contribution < -0.4 is 5.32 Å². The highest BCUT2D eigenvalue weighted by molar-refractivity contribution is 5.98. The highest BCUT2D eigenvalue weighted by atomic mass is 19.1. The summed E-state index contributed by atoms with van der Waals surface area (Å²) in [6, 6.07) is 9.03. The minimum Gasteiger partial charge on any atom is -0.453 e. The normalized spacial score (nSPS) is 11.6. The zero-order valence-electron chi connectivity index (χ0n) is 16.5. The number of carbonyl (C=O) groups excluding carboxylic acids is 3. The number of ketones is 1. The number of aryl methyl sites for hydroxylation is 3. The summed E-state index contributed by atoms with van der Waals surface area (Å²) in [5.74, 6) is -1.81. The molecule has 148 valence electrons. The van der Waals surface area contributed by atoms with Gasteiger partial charge in [0, 0.05) is 17.7 Å². The third kappa shape index (κ3) is 5.74. The van der Waals surface area contributed by atoms with E-state index >= 15 is 0 Å². The van der Waals surface area contributed by atoms with Gasteiger partial charge in [-0.2, -0.15) is 0 Å². The van der Waals surface area contributed by atoms with Crippen molar-refractivity contribution in [2.24, 2.45) is 0 Å². The number of Topliss-reactive ketones (excluding diaryl/α,β-unsaturated/α-hetero) is 1. The van der Waals surface area contributed by atoms with Gasteiger partial charge in [0.05, 0.1) is 6.42 Å². The maximum absolute atomic E-state index is 12.9. The molecule has 0 saturated heterocycles. The predicted molar refractivity (Wildman–Crippen MR) is 105 cm³/mol. The van der Waals surface area contributed by atoms with Crippen molar-refractivity contribution in [2.75, 3.05) is 5.32 Å². The molecule has 2 aromatic carbocycles. The van der Waals surface area contributed by atoms with Crippen LogP contribution in [0.3, 0.4) is 0 Å². The van der Waals surface area contributed by atoms with Crippen LogP contribution in [-0.4, -0.2) is 23.8 Å². The standard InChI is InChI=1S/C22H24FNO4/c1-13-11-14(2)21(15(3)12-13)24-22(27)16(4)28-20(26)10-9-19(25)17-5-7-18(23)8-6-17/h5-8,11-12,16H,9-10H2,1-4H3,(H,24,27)/t16-/m1/s1. The van der Waals surface area contributed by atoms with Gasteiger partial charge in [-0.3, -0.25) is 14.4 Å². The Hall–Kier alpha value is -3.02. The number of anilines is 1. The topological polar surface area (TPSA) is 72.5 Å². The molecule has 1 amide bonds. The number of benzene rings is 2. The van der Waals surface area contributed by atoms with Gasteiger partial charge in [-0.05, 0) is 63.1 Å². The molecule has 0 bridgehead atoms. The van der Waals surface area contributed by atoms with Crippen LogP contribution in [0.15, 0.2) is 36.4 Å². The highest BCUT2D eigenvalue weighted by Gasteiger charge is 2.20. The summed E-state index contributed by atoms with van der Waals surface area (Å²) >= 11 is 0. The third-order valence-corrected chi connectivity index (χ3v) is 4.33. The van der Waals surface area contributed by atoms with Crippen molar-refractivity contribution < 1.29 is 23.5 Å². The first-order valence-electron chi connectivity index (χ1n) is 9.04. The summed E-state index contributed by atoms with van der Waals surface area (Å²) in [6.45, 7) is 7.25. The molecule has 28 heavy (non-hydrogen) atoms. The first-order chi connectivity index (χ1) is 13.2. The van der Waals surface area contributed by atoms with E-state index in [9.17, 15) is 18.8 Å². The fraction of sp³-hybridized carbons (Fsp3) is 0.318. The number of amides is 1. The van der Waals surface area contributed by atoms with Crippen molar-refractivity contribution in [1.29, 1.82) is 0 Å². The number of ether oxygens (including phenoxy) is 1. The second-order valence-corrected chi connectivity index (χ2v) is 6.83.